The van der Waals surface area contributed by atoms with Crippen LogP contribution < -0.4 is 5.32 Å². The van der Waals surface area contributed by atoms with Crippen LogP contribution in [0.3, 0.4) is 0 Å². The summed E-state index contributed by atoms with van der Waals surface area (Å²) in [5.41, 5.74) is 2.22. The molecule has 0 bridgehead atoms. The van der Waals surface area contributed by atoms with E-state index < -0.39 is 0 Å². The Morgan fingerprint density at radius 3 is 2.50 bits per heavy atom. The van der Waals surface area contributed by atoms with E-state index in [2.05, 4.69) is 24.1 Å². The second-order valence-electron chi connectivity index (χ2n) is 5.74. The van der Waals surface area contributed by atoms with E-state index in [0.29, 0.717) is 6.54 Å². The summed E-state index contributed by atoms with van der Waals surface area (Å²) < 4.78 is 5.54. The van der Waals surface area contributed by atoms with Gasteiger partial charge < -0.3 is 9.73 Å². The summed E-state index contributed by atoms with van der Waals surface area (Å²) in [6.45, 7) is 8.58. The Labute approximate surface area is 144 Å². The van der Waals surface area contributed by atoms with Crippen LogP contribution in [0.25, 0.3) is 6.08 Å². The number of likely N-dealkylation sites (N-methyl/N-ethyl adjacent to an activating group) is 1. The molecule has 0 aliphatic rings. The minimum Gasteiger partial charge on any atom is -0.468 e. The predicted molar refractivity (Wildman–Crippen MR) is 97.6 cm³/mol. The fourth-order valence-electron chi connectivity index (χ4n) is 2.66. The average molecular weight is 326 g/mol. The number of carbonyl (C=O) groups excluding carboxylic acids is 1. The van der Waals surface area contributed by atoms with Gasteiger partial charge in [0.2, 0.25) is 5.91 Å². The van der Waals surface area contributed by atoms with Crippen molar-refractivity contribution in [3.05, 3.63) is 65.6 Å². The summed E-state index contributed by atoms with van der Waals surface area (Å²) in [5.74, 6) is 0.779. The van der Waals surface area contributed by atoms with Gasteiger partial charge in [-0.1, -0.05) is 43.7 Å². The molecule has 1 amide bonds. The first-order valence-electron chi connectivity index (χ1n) is 8.44. The SMILES string of the molecule is CCN(CC)C(CNC(=O)/C=C/c1ccc(C)cc1)c1ccco1. The van der Waals surface area contributed by atoms with Gasteiger partial charge in [0.1, 0.15) is 5.76 Å². The first kappa shape index (κ1) is 18.0. The maximum atomic E-state index is 12.1. The van der Waals surface area contributed by atoms with Crippen molar-refractivity contribution < 1.29 is 9.21 Å². The lowest BCUT2D eigenvalue weighted by Crippen LogP contribution is -2.37. The van der Waals surface area contributed by atoms with Crippen molar-refractivity contribution in [2.75, 3.05) is 19.6 Å². The molecule has 0 aliphatic carbocycles. The predicted octanol–water partition coefficient (Wildman–Crippen LogP) is 3.80. The molecule has 4 heteroatoms. The molecule has 24 heavy (non-hydrogen) atoms. The number of nitrogens with one attached hydrogen (secondary N) is 1. The number of nitrogens with zero attached hydrogens (tertiary/aromatic N) is 1. The highest BCUT2D eigenvalue weighted by Gasteiger charge is 2.20. The molecule has 1 unspecified atom stereocenters. The quantitative estimate of drug-likeness (QED) is 0.751. The summed E-state index contributed by atoms with van der Waals surface area (Å²) >= 11 is 0. The third-order valence-electron chi connectivity index (χ3n) is 4.10. The summed E-state index contributed by atoms with van der Waals surface area (Å²) in [4.78, 5) is 14.4. The molecule has 0 saturated heterocycles. The minimum absolute atomic E-state index is 0.0479. The Balaban J connectivity index is 1.95. The molecule has 2 rings (SSSR count). The van der Waals surface area contributed by atoms with Crippen molar-refractivity contribution in [1.29, 1.82) is 0 Å². The summed E-state index contributed by atoms with van der Waals surface area (Å²) in [5, 5.41) is 2.97. The number of hydrogen-bond donors (Lipinski definition) is 1. The molecule has 4 nitrogen and oxygen atoms in total. The van der Waals surface area contributed by atoms with Crippen LogP contribution in [-0.4, -0.2) is 30.4 Å². The molecule has 2 aromatic rings. The van der Waals surface area contributed by atoms with E-state index in [0.717, 1.165) is 24.4 Å². The number of benzene rings is 1. The number of hydrogen-bond acceptors (Lipinski definition) is 3. The maximum absolute atomic E-state index is 12.1. The molecule has 1 aromatic carbocycles. The summed E-state index contributed by atoms with van der Waals surface area (Å²) in [6, 6.07) is 12.0. The molecule has 1 atom stereocenters. The molecular weight excluding hydrogens is 300 g/mol. The number of amides is 1. The van der Waals surface area contributed by atoms with E-state index in [1.54, 1.807) is 12.3 Å². The smallest absolute Gasteiger partial charge is 0.244 e. The highest BCUT2D eigenvalue weighted by Crippen LogP contribution is 2.20. The van der Waals surface area contributed by atoms with Crippen molar-refractivity contribution >= 4 is 12.0 Å². The normalized spacial score (nSPS) is 12.7. The third-order valence-corrected chi connectivity index (χ3v) is 4.10. The number of rotatable bonds is 8. The minimum atomic E-state index is -0.0979. The van der Waals surface area contributed by atoms with Crippen LogP contribution in [0.5, 0.6) is 0 Å². The zero-order valence-electron chi connectivity index (χ0n) is 14.7. The Morgan fingerprint density at radius 2 is 1.92 bits per heavy atom. The van der Waals surface area contributed by atoms with Gasteiger partial charge in [-0.05, 0) is 43.8 Å². The molecule has 128 valence electrons. The van der Waals surface area contributed by atoms with E-state index >= 15 is 0 Å². The van der Waals surface area contributed by atoms with Crippen molar-refractivity contribution in [2.45, 2.75) is 26.8 Å². The van der Waals surface area contributed by atoms with Gasteiger partial charge in [0.25, 0.3) is 0 Å². The van der Waals surface area contributed by atoms with E-state index in [9.17, 15) is 4.79 Å². The van der Waals surface area contributed by atoms with Gasteiger partial charge in [0.15, 0.2) is 0 Å². The van der Waals surface area contributed by atoms with Gasteiger partial charge in [-0.25, -0.2) is 0 Å². The largest absolute Gasteiger partial charge is 0.468 e. The Bertz CT molecular complexity index is 641. The van der Waals surface area contributed by atoms with Crippen molar-refractivity contribution in [1.82, 2.24) is 10.2 Å². The van der Waals surface area contributed by atoms with Crippen molar-refractivity contribution in [2.24, 2.45) is 0 Å². The lowest BCUT2D eigenvalue weighted by molar-refractivity contribution is -0.116. The van der Waals surface area contributed by atoms with Crippen LogP contribution in [0.2, 0.25) is 0 Å². The standard InChI is InChI=1S/C20H26N2O2/c1-4-22(5-2)18(19-7-6-14-24-19)15-21-20(23)13-12-17-10-8-16(3)9-11-17/h6-14,18H,4-5,15H2,1-3H3,(H,21,23)/b13-12+. The Kier molecular flexibility index (Phi) is 6.82. The maximum Gasteiger partial charge on any atom is 0.244 e. The van der Waals surface area contributed by atoms with Crippen LogP contribution in [0.4, 0.5) is 0 Å². The zero-order chi connectivity index (χ0) is 17.4. The number of carbonyl (C=O) groups is 1. The highest BCUT2D eigenvalue weighted by atomic mass is 16.3. The second kappa shape index (κ2) is 9.08. The molecule has 1 aromatic heterocycles. The molecule has 0 fully saturated rings. The molecule has 0 spiro atoms. The van der Waals surface area contributed by atoms with E-state index in [4.69, 9.17) is 4.42 Å². The van der Waals surface area contributed by atoms with Crippen LogP contribution >= 0.6 is 0 Å². The molecular formula is C20H26N2O2. The van der Waals surface area contributed by atoms with Gasteiger partial charge in [-0.3, -0.25) is 9.69 Å². The van der Waals surface area contributed by atoms with Crippen LogP contribution in [0.1, 0.15) is 36.8 Å². The first-order valence-corrected chi connectivity index (χ1v) is 8.44. The molecule has 0 radical (unpaired) electrons. The van der Waals surface area contributed by atoms with Crippen molar-refractivity contribution in [3.63, 3.8) is 0 Å². The van der Waals surface area contributed by atoms with E-state index in [1.807, 2.05) is 49.4 Å². The Morgan fingerprint density at radius 1 is 1.21 bits per heavy atom. The zero-order valence-corrected chi connectivity index (χ0v) is 14.7. The Hall–Kier alpha value is -2.33. The average Bonchev–Trinajstić information content (AvgIpc) is 3.12. The van der Waals surface area contributed by atoms with Crippen LogP contribution in [-0.2, 0) is 4.79 Å². The van der Waals surface area contributed by atoms with Gasteiger partial charge in [-0.15, -0.1) is 0 Å². The van der Waals surface area contributed by atoms with E-state index in [-0.39, 0.29) is 11.9 Å². The molecule has 0 aliphatic heterocycles. The lowest BCUT2D eigenvalue weighted by atomic mass is 10.1. The highest BCUT2D eigenvalue weighted by molar-refractivity contribution is 5.91. The second-order valence-corrected chi connectivity index (χ2v) is 5.74. The van der Waals surface area contributed by atoms with Gasteiger partial charge in [-0.2, -0.15) is 0 Å². The number of aryl methyl sites for hydroxylation is 1. The third kappa shape index (κ3) is 5.10. The van der Waals surface area contributed by atoms with Crippen LogP contribution in [0.15, 0.2) is 53.2 Å². The fraction of sp³-hybridized carbons (Fsp3) is 0.350. The molecule has 1 heterocycles. The first-order chi connectivity index (χ1) is 11.6. The van der Waals surface area contributed by atoms with E-state index in [1.165, 1.54) is 5.56 Å². The van der Waals surface area contributed by atoms with Crippen molar-refractivity contribution in [3.8, 4) is 0 Å². The van der Waals surface area contributed by atoms with Gasteiger partial charge in [0.05, 0.1) is 12.3 Å². The number of furan rings is 1. The topological polar surface area (TPSA) is 45.5 Å². The summed E-state index contributed by atoms with van der Waals surface area (Å²) in [7, 11) is 0. The van der Waals surface area contributed by atoms with Gasteiger partial charge in [0, 0.05) is 12.6 Å². The fourth-order valence-corrected chi connectivity index (χ4v) is 2.66. The van der Waals surface area contributed by atoms with Gasteiger partial charge >= 0.3 is 0 Å². The molecule has 0 saturated carbocycles. The van der Waals surface area contributed by atoms with Crippen LogP contribution in [0, 0.1) is 6.92 Å². The molecule has 1 N–H and O–H groups in total. The lowest BCUT2D eigenvalue weighted by Gasteiger charge is -2.28. The monoisotopic (exact) mass is 326 g/mol. The summed E-state index contributed by atoms with van der Waals surface area (Å²) in [6.07, 6.45) is 5.07.